The smallest absolute Gasteiger partial charge is 0.246 e. The second kappa shape index (κ2) is 5.70. The molecule has 2 heterocycles. The SMILES string of the molecule is C[C@H]1COc2cc(N3CCSCC3)ccc2S(=O)(=O)N1C. The molecule has 0 amide bonds. The summed E-state index contributed by atoms with van der Waals surface area (Å²) in [6.45, 7) is 4.22. The first-order chi connectivity index (χ1) is 10.00. The van der Waals surface area contributed by atoms with E-state index < -0.39 is 10.0 Å². The molecule has 2 aliphatic heterocycles. The van der Waals surface area contributed by atoms with Gasteiger partial charge in [0.05, 0.1) is 6.04 Å². The Kier molecular flexibility index (Phi) is 4.07. The van der Waals surface area contributed by atoms with E-state index in [1.54, 1.807) is 13.1 Å². The topological polar surface area (TPSA) is 49.9 Å². The lowest BCUT2D eigenvalue weighted by molar-refractivity contribution is 0.241. The van der Waals surface area contributed by atoms with Crippen LogP contribution in [-0.2, 0) is 10.0 Å². The van der Waals surface area contributed by atoms with Gasteiger partial charge in [-0.15, -0.1) is 0 Å². The van der Waals surface area contributed by atoms with E-state index in [9.17, 15) is 8.42 Å². The number of sulfonamides is 1. The Labute approximate surface area is 130 Å². The average molecular weight is 328 g/mol. The standard InChI is InChI=1S/C14H20N2O3S2/c1-11-10-19-13-9-12(16-5-7-20-8-6-16)3-4-14(13)21(17,18)15(11)2/h3-4,9,11H,5-8,10H2,1-2H3/t11-/m0/s1. The van der Waals surface area contributed by atoms with Gasteiger partial charge in [-0.1, -0.05) is 0 Å². The molecule has 0 aliphatic carbocycles. The van der Waals surface area contributed by atoms with Gasteiger partial charge in [-0.25, -0.2) is 8.42 Å². The molecule has 2 aliphatic rings. The van der Waals surface area contributed by atoms with Crippen LogP contribution in [-0.4, -0.2) is 57.0 Å². The largest absolute Gasteiger partial charge is 0.490 e. The van der Waals surface area contributed by atoms with Crippen LogP contribution in [0.25, 0.3) is 0 Å². The molecule has 1 fully saturated rings. The Balaban J connectivity index is 1.99. The predicted molar refractivity (Wildman–Crippen MR) is 85.9 cm³/mol. The van der Waals surface area contributed by atoms with Gasteiger partial charge in [0, 0.05) is 43.4 Å². The normalized spacial score (nSPS) is 25.8. The molecule has 1 aromatic rings. The van der Waals surface area contributed by atoms with Gasteiger partial charge in [0.2, 0.25) is 10.0 Å². The van der Waals surface area contributed by atoms with Crippen LogP contribution in [0.5, 0.6) is 5.75 Å². The minimum Gasteiger partial charge on any atom is -0.490 e. The number of hydrogen-bond donors (Lipinski definition) is 0. The number of benzene rings is 1. The van der Waals surface area contributed by atoms with Gasteiger partial charge in [0.25, 0.3) is 0 Å². The number of ether oxygens (including phenoxy) is 1. The highest BCUT2D eigenvalue weighted by molar-refractivity contribution is 7.99. The predicted octanol–water partition coefficient (Wildman–Crippen LogP) is 1.64. The first-order valence-electron chi connectivity index (χ1n) is 7.08. The first-order valence-corrected chi connectivity index (χ1v) is 9.67. The Morgan fingerprint density at radius 2 is 2.00 bits per heavy atom. The van der Waals surface area contributed by atoms with E-state index in [0.717, 1.165) is 30.3 Å². The number of fused-ring (bicyclic) bond motifs is 1. The monoisotopic (exact) mass is 328 g/mol. The Morgan fingerprint density at radius 1 is 1.29 bits per heavy atom. The van der Waals surface area contributed by atoms with Crippen LogP contribution >= 0.6 is 11.8 Å². The van der Waals surface area contributed by atoms with E-state index in [-0.39, 0.29) is 10.9 Å². The zero-order valence-corrected chi connectivity index (χ0v) is 13.9. The van der Waals surface area contributed by atoms with E-state index in [2.05, 4.69) is 4.90 Å². The van der Waals surface area contributed by atoms with Gasteiger partial charge in [-0.2, -0.15) is 16.1 Å². The number of hydrogen-bond acceptors (Lipinski definition) is 5. The van der Waals surface area contributed by atoms with Crippen molar-refractivity contribution in [1.82, 2.24) is 4.31 Å². The molecule has 5 nitrogen and oxygen atoms in total. The third-order valence-corrected chi connectivity index (χ3v) is 7.02. The van der Waals surface area contributed by atoms with Crippen LogP contribution in [0.15, 0.2) is 23.1 Å². The van der Waals surface area contributed by atoms with Crippen LogP contribution in [0.3, 0.4) is 0 Å². The Hall–Kier alpha value is -0.920. The molecule has 0 spiro atoms. The van der Waals surface area contributed by atoms with Crippen molar-refractivity contribution in [3.05, 3.63) is 18.2 Å². The summed E-state index contributed by atoms with van der Waals surface area (Å²) in [7, 11) is -1.86. The fraction of sp³-hybridized carbons (Fsp3) is 0.571. The second-order valence-electron chi connectivity index (χ2n) is 5.41. The third-order valence-electron chi connectivity index (χ3n) is 4.06. The summed E-state index contributed by atoms with van der Waals surface area (Å²) >= 11 is 1.95. The maximum Gasteiger partial charge on any atom is 0.246 e. The summed E-state index contributed by atoms with van der Waals surface area (Å²) in [5.41, 5.74) is 1.04. The molecule has 1 aromatic carbocycles. The highest BCUT2D eigenvalue weighted by Crippen LogP contribution is 2.34. The van der Waals surface area contributed by atoms with Crippen molar-refractivity contribution in [3.63, 3.8) is 0 Å². The highest BCUT2D eigenvalue weighted by atomic mass is 32.2. The zero-order chi connectivity index (χ0) is 15.0. The Bertz CT molecular complexity index is 627. The van der Waals surface area contributed by atoms with Crippen molar-refractivity contribution in [2.75, 3.05) is 43.1 Å². The molecule has 0 aromatic heterocycles. The van der Waals surface area contributed by atoms with Crippen LogP contribution in [0, 0.1) is 0 Å². The lowest BCUT2D eigenvalue weighted by Gasteiger charge is -2.29. The highest BCUT2D eigenvalue weighted by Gasteiger charge is 2.32. The maximum absolute atomic E-state index is 12.6. The van der Waals surface area contributed by atoms with Crippen LogP contribution in [0.2, 0.25) is 0 Å². The molecule has 0 radical (unpaired) electrons. The number of thioether (sulfide) groups is 1. The molecular weight excluding hydrogens is 308 g/mol. The van der Waals surface area contributed by atoms with E-state index in [1.165, 1.54) is 4.31 Å². The van der Waals surface area contributed by atoms with Crippen LogP contribution < -0.4 is 9.64 Å². The van der Waals surface area contributed by atoms with E-state index >= 15 is 0 Å². The van der Waals surface area contributed by atoms with Crippen molar-refractivity contribution in [2.24, 2.45) is 0 Å². The quantitative estimate of drug-likeness (QED) is 0.784. The van der Waals surface area contributed by atoms with Crippen molar-refractivity contribution in [2.45, 2.75) is 17.9 Å². The van der Waals surface area contributed by atoms with Crippen LogP contribution in [0.1, 0.15) is 6.92 Å². The molecule has 21 heavy (non-hydrogen) atoms. The van der Waals surface area contributed by atoms with Gasteiger partial charge >= 0.3 is 0 Å². The summed E-state index contributed by atoms with van der Waals surface area (Å²) in [6.07, 6.45) is 0. The van der Waals surface area contributed by atoms with E-state index in [0.29, 0.717) is 12.4 Å². The average Bonchev–Trinajstić information content (AvgIpc) is 2.59. The van der Waals surface area contributed by atoms with Gasteiger partial charge in [0.1, 0.15) is 17.3 Å². The van der Waals surface area contributed by atoms with Gasteiger partial charge in [-0.05, 0) is 19.1 Å². The molecule has 116 valence electrons. The second-order valence-corrected chi connectivity index (χ2v) is 8.60. The number of anilines is 1. The molecular formula is C14H20N2O3S2. The first kappa shape index (κ1) is 15.0. The molecule has 1 atom stereocenters. The molecule has 7 heteroatoms. The molecule has 0 bridgehead atoms. The fourth-order valence-corrected chi connectivity index (χ4v) is 4.91. The molecule has 0 N–H and O–H groups in total. The molecule has 1 saturated heterocycles. The molecule has 0 saturated carbocycles. The maximum atomic E-state index is 12.6. The van der Waals surface area contributed by atoms with Gasteiger partial charge < -0.3 is 9.64 Å². The minimum absolute atomic E-state index is 0.169. The molecule has 3 rings (SSSR count). The number of rotatable bonds is 1. The number of nitrogens with zero attached hydrogens (tertiary/aromatic N) is 2. The summed E-state index contributed by atoms with van der Waals surface area (Å²) < 4.78 is 32.2. The van der Waals surface area contributed by atoms with Gasteiger partial charge in [-0.3, -0.25) is 0 Å². The van der Waals surface area contributed by atoms with Crippen molar-refractivity contribution in [1.29, 1.82) is 0 Å². The third kappa shape index (κ3) is 2.74. The van der Waals surface area contributed by atoms with Crippen molar-refractivity contribution < 1.29 is 13.2 Å². The van der Waals surface area contributed by atoms with Gasteiger partial charge in [0.15, 0.2) is 0 Å². The van der Waals surface area contributed by atoms with Crippen LogP contribution in [0.4, 0.5) is 5.69 Å². The van der Waals surface area contributed by atoms with Crippen molar-refractivity contribution in [3.8, 4) is 5.75 Å². The minimum atomic E-state index is -3.47. The summed E-state index contributed by atoms with van der Waals surface area (Å²) in [6, 6.07) is 5.27. The Morgan fingerprint density at radius 3 is 2.71 bits per heavy atom. The van der Waals surface area contributed by atoms with Crippen molar-refractivity contribution >= 4 is 27.5 Å². The molecule has 0 unspecified atom stereocenters. The zero-order valence-electron chi connectivity index (χ0n) is 12.3. The summed E-state index contributed by atoms with van der Waals surface area (Å²) in [5, 5.41) is 0. The lowest BCUT2D eigenvalue weighted by atomic mass is 10.2. The van der Waals surface area contributed by atoms with E-state index in [4.69, 9.17) is 4.74 Å². The number of likely N-dealkylation sites (N-methyl/N-ethyl adjacent to an activating group) is 1. The fourth-order valence-electron chi connectivity index (χ4n) is 2.55. The summed E-state index contributed by atoms with van der Waals surface area (Å²) in [5.74, 6) is 2.69. The lowest BCUT2D eigenvalue weighted by Crippen LogP contribution is -2.36. The summed E-state index contributed by atoms with van der Waals surface area (Å²) in [4.78, 5) is 2.55. The van der Waals surface area contributed by atoms with E-state index in [1.807, 2.05) is 30.8 Å².